The van der Waals surface area contributed by atoms with Crippen LogP contribution in [0, 0.1) is 0 Å². The van der Waals surface area contributed by atoms with Gasteiger partial charge in [-0.3, -0.25) is 4.79 Å². The third kappa shape index (κ3) is 2.76. The van der Waals surface area contributed by atoms with Crippen LogP contribution in [0.3, 0.4) is 0 Å². The van der Waals surface area contributed by atoms with E-state index in [9.17, 15) is 4.79 Å². The molecule has 7 heteroatoms. The van der Waals surface area contributed by atoms with Crippen molar-refractivity contribution in [1.29, 1.82) is 0 Å². The molecular weight excluding hydrogens is 359 g/mol. The van der Waals surface area contributed by atoms with Gasteiger partial charge in [0.2, 0.25) is 5.91 Å². The van der Waals surface area contributed by atoms with Gasteiger partial charge in [-0.15, -0.1) is 0 Å². The average Bonchev–Trinajstić information content (AvgIpc) is 2.52. The molecule has 4 nitrogen and oxygen atoms in total. The summed E-state index contributed by atoms with van der Waals surface area (Å²) in [4.78, 5) is 13.8. The number of hydrogen-bond acceptors (Lipinski definition) is 3. The molecule has 1 heterocycles. The second-order valence-corrected chi connectivity index (χ2v) is 6.41. The molecule has 0 radical (unpaired) electrons. The van der Waals surface area contributed by atoms with Crippen molar-refractivity contribution >= 4 is 46.4 Å². The highest BCUT2D eigenvalue weighted by Gasteiger charge is 2.47. The Kier molecular flexibility index (Phi) is 4.43. The number of ether oxygens (including phenoxy) is 1. The Balaban J connectivity index is 2.00. The Morgan fingerprint density at radius 3 is 2.43 bits per heavy atom. The quantitative estimate of drug-likeness (QED) is 0.827. The molecule has 0 bridgehead atoms. The molecule has 1 aliphatic rings. The minimum absolute atomic E-state index is 0.192. The number of anilines is 1. The van der Waals surface area contributed by atoms with Crippen LogP contribution in [0.5, 0.6) is 5.75 Å². The van der Waals surface area contributed by atoms with Crippen LogP contribution < -0.4 is 15.4 Å². The summed E-state index contributed by atoms with van der Waals surface area (Å²) in [5.41, 5.74) is 7.37. The number of nitrogens with two attached hydrogens (primary N) is 1. The average molecular weight is 372 g/mol. The maximum absolute atomic E-state index is 12.2. The van der Waals surface area contributed by atoms with Gasteiger partial charge in [0.15, 0.2) is 0 Å². The Morgan fingerprint density at radius 1 is 1.09 bits per heavy atom. The summed E-state index contributed by atoms with van der Waals surface area (Å²) in [6.45, 7) is 0. The van der Waals surface area contributed by atoms with E-state index < -0.39 is 6.04 Å². The number of benzene rings is 2. The van der Waals surface area contributed by atoms with Crippen LogP contribution in [0.2, 0.25) is 15.1 Å². The lowest BCUT2D eigenvalue weighted by molar-refractivity contribution is -0.126. The number of hydrogen-bond donors (Lipinski definition) is 1. The van der Waals surface area contributed by atoms with Crippen LogP contribution >= 0.6 is 34.8 Å². The smallest absolute Gasteiger partial charge is 0.247 e. The molecule has 2 aromatic carbocycles. The lowest BCUT2D eigenvalue weighted by atomic mass is 9.88. The van der Waals surface area contributed by atoms with Gasteiger partial charge in [-0.05, 0) is 35.9 Å². The summed E-state index contributed by atoms with van der Waals surface area (Å²) in [6.07, 6.45) is 0. The SMILES string of the molecule is COc1ccc(N2C(=O)[C@@H](N)[C@H]2c2ccc(Cl)cc2Cl)cc1Cl. The van der Waals surface area contributed by atoms with Crippen molar-refractivity contribution in [2.75, 3.05) is 12.0 Å². The molecule has 0 unspecified atom stereocenters. The second kappa shape index (κ2) is 6.21. The van der Waals surface area contributed by atoms with Gasteiger partial charge in [-0.25, -0.2) is 0 Å². The summed E-state index contributed by atoms with van der Waals surface area (Å²) in [5, 5.41) is 1.41. The fourth-order valence-electron chi connectivity index (χ4n) is 2.68. The van der Waals surface area contributed by atoms with Crippen LogP contribution in [-0.4, -0.2) is 19.1 Å². The van der Waals surface area contributed by atoms with Crippen LogP contribution in [-0.2, 0) is 4.79 Å². The second-order valence-electron chi connectivity index (χ2n) is 5.16. The maximum atomic E-state index is 12.2. The third-order valence-corrected chi connectivity index (χ3v) is 4.69. The lowest BCUT2D eigenvalue weighted by Crippen LogP contribution is -2.63. The van der Waals surface area contributed by atoms with E-state index in [1.807, 2.05) is 0 Å². The molecule has 1 saturated heterocycles. The first kappa shape index (κ1) is 16.4. The van der Waals surface area contributed by atoms with Gasteiger partial charge in [0.05, 0.1) is 18.2 Å². The molecule has 2 N–H and O–H groups in total. The predicted molar refractivity (Wildman–Crippen MR) is 92.7 cm³/mol. The normalized spacial score (nSPS) is 20.4. The molecule has 0 aromatic heterocycles. The monoisotopic (exact) mass is 370 g/mol. The zero-order valence-electron chi connectivity index (χ0n) is 12.1. The van der Waals surface area contributed by atoms with E-state index in [4.69, 9.17) is 45.3 Å². The Labute approximate surface area is 148 Å². The first-order chi connectivity index (χ1) is 10.9. The number of nitrogens with zero attached hydrogens (tertiary/aromatic N) is 1. The summed E-state index contributed by atoms with van der Waals surface area (Å²) in [5.74, 6) is 0.344. The summed E-state index contributed by atoms with van der Waals surface area (Å²) < 4.78 is 5.13. The third-order valence-electron chi connectivity index (χ3n) is 3.84. The zero-order valence-corrected chi connectivity index (χ0v) is 14.4. The van der Waals surface area contributed by atoms with E-state index in [-0.39, 0.29) is 11.9 Å². The van der Waals surface area contributed by atoms with Crippen molar-refractivity contribution < 1.29 is 9.53 Å². The molecule has 23 heavy (non-hydrogen) atoms. The highest BCUT2D eigenvalue weighted by atomic mass is 35.5. The Morgan fingerprint density at radius 2 is 1.83 bits per heavy atom. The fourth-order valence-corrected chi connectivity index (χ4v) is 3.45. The van der Waals surface area contributed by atoms with Gasteiger partial charge in [0.1, 0.15) is 11.8 Å². The highest BCUT2D eigenvalue weighted by molar-refractivity contribution is 6.35. The predicted octanol–water partition coefficient (Wildman–Crippen LogP) is 4.07. The molecule has 2 atom stereocenters. The summed E-state index contributed by atoms with van der Waals surface area (Å²) in [6, 6.07) is 9.23. The maximum Gasteiger partial charge on any atom is 0.247 e. The Hall–Kier alpha value is -1.46. The van der Waals surface area contributed by atoms with Gasteiger partial charge < -0.3 is 15.4 Å². The number of β-lactam (4-membered cyclic amide) rings is 1. The Bertz CT molecular complexity index is 782. The van der Waals surface area contributed by atoms with Crippen LogP contribution in [0.1, 0.15) is 11.6 Å². The van der Waals surface area contributed by atoms with Gasteiger partial charge in [-0.2, -0.15) is 0 Å². The number of rotatable bonds is 3. The van der Waals surface area contributed by atoms with E-state index in [2.05, 4.69) is 0 Å². The van der Waals surface area contributed by atoms with E-state index in [0.29, 0.717) is 26.5 Å². The first-order valence-corrected chi connectivity index (χ1v) is 7.94. The van der Waals surface area contributed by atoms with Crippen molar-refractivity contribution in [3.05, 3.63) is 57.0 Å². The number of halogens is 3. The summed E-state index contributed by atoms with van der Waals surface area (Å²) in [7, 11) is 1.53. The minimum Gasteiger partial charge on any atom is -0.495 e. The molecule has 0 saturated carbocycles. The van der Waals surface area contributed by atoms with Crippen molar-refractivity contribution in [2.24, 2.45) is 5.73 Å². The largest absolute Gasteiger partial charge is 0.495 e. The van der Waals surface area contributed by atoms with Crippen LogP contribution in [0.15, 0.2) is 36.4 Å². The van der Waals surface area contributed by atoms with Crippen molar-refractivity contribution in [1.82, 2.24) is 0 Å². The molecular formula is C16H13Cl3N2O2. The standard InChI is InChI=1S/C16H13Cl3N2O2/c1-23-13-5-3-9(7-12(13)19)21-15(14(20)16(21)22)10-4-2-8(17)6-11(10)18/h2-7,14-15H,20H2,1H3/t14-,15+/m0/s1. The van der Waals surface area contributed by atoms with Gasteiger partial charge >= 0.3 is 0 Å². The van der Waals surface area contributed by atoms with E-state index >= 15 is 0 Å². The van der Waals surface area contributed by atoms with Crippen LogP contribution in [0.25, 0.3) is 0 Å². The molecule has 2 aromatic rings. The number of methoxy groups -OCH3 is 1. The van der Waals surface area contributed by atoms with Crippen molar-refractivity contribution in [3.63, 3.8) is 0 Å². The van der Waals surface area contributed by atoms with Gasteiger partial charge in [-0.1, -0.05) is 40.9 Å². The molecule has 0 spiro atoms. The molecule has 3 rings (SSSR count). The van der Waals surface area contributed by atoms with Gasteiger partial charge in [0, 0.05) is 15.7 Å². The minimum atomic E-state index is -0.658. The van der Waals surface area contributed by atoms with Crippen molar-refractivity contribution in [2.45, 2.75) is 12.1 Å². The first-order valence-electron chi connectivity index (χ1n) is 6.81. The molecule has 0 aliphatic carbocycles. The molecule has 1 fully saturated rings. The van der Waals surface area contributed by atoms with Gasteiger partial charge in [0.25, 0.3) is 0 Å². The topological polar surface area (TPSA) is 55.6 Å². The highest BCUT2D eigenvalue weighted by Crippen LogP contribution is 2.42. The fraction of sp³-hybridized carbons (Fsp3) is 0.188. The van der Waals surface area contributed by atoms with E-state index in [0.717, 1.165) is 5.56 Å². The van der Waals surface area contributed by atoms with Crippen LogP contribution in [0.4, 0.5) is 5.69 Å². The number of carbonyl (C=O) groups is 1. The number of carbonyl (C=O) groups excluding carboxylic acids is 1. The zero-order chi connectivity index (χ0) is 16.7. The van der Waals surface area contributed by atoms with E-state index in [1.54, 1.807) is 41.3 Å². The lowest BCUT2D eigenvalue weighted by Gasteiger charge is -2.46. The number of amides is 1. The van der Waals surface area contributed by atoms with E-state index in [1.165, 1.54) is 7.11 Å². The molecule has 120 valence electrons. The molecule has 1 aliphatic heterocycles. The summed E-state index contributed by atoms with van der Waals surface area (Å²) >= 11 is 18.3. The van der Waals surface area contributed by atoms with Crippen molar-refractivity contribution in [3.8, 4) is 5.75 Å². The molecule has 1 amide bonds.